The minimum absolute atomic E-state index is 0.0689. The molecule has 0 aliphatic rings. The van der Waals surface area contributed by atoms with Gasteiger partial charge in [-0.25, -0.2) is 9.36 Å². The molecule has 0 N–H and O–H groups in total. The molecule has 0 fully saturated rings. The van der Waals surface area contributed by atoms with Crippen LogP contribution >= 0.6 is 0 Å². The van der Waals surface area contributed by atoms with Gasteiger partial charge in [0.1, 0.15) is 47.4 Å². The molecule has 9 rings (SSSR count). The third-order valence-corrected chi connectivity index (χ3v) is 11.9. The molecule has 4 aromatic heterocycles. The molecule has 382 valence electrons. The molecular formula is C57H59N7O10. The Hall–Kier alpha value is -7.80. The molecule has 0 aliphatic carbocycles. The van der Waals surface area contributed by atoms with Gasteiger partial charge in [0.15, 0.2) is 10.9 Å². The Balaban J connectivity index is 0.626. The van der Waals surface area contributed by atoms with Crippen molar-refractivity contribution >= 4 is 21.9 Å². The molecule has 0 aliphatic heterocycles. The van der Waals surface area contributed by atoms with Crippen molar-refractivity contribution in [1.82, 2.24) is 34.9 Å². The highest BCUT2D eigenvalue weighted by molar-refractivity contribution is 5.80. The lowest BCUT2D eigenvalue weighted by Crippen LogP contribution is -2.23. The van der Waals surface area contributed by atoms with Crippen LogP contribution < -0.4 is 20.3 Å². The number of aryl methyl sites for hydroxylation is 2. The average molecular weight is 1000 g/mol. The Bertz CT molecular complexity index is 3120. The summed E-state index contributed by atoms with van der Waals surface area (Å²) in [7, 11) is 0. The predicted molar refractivity (Wildman–Crippen MR) is 279 cm³/mol. The SMILES string of the molecule is Cc1ccc2oc(-c3ccc(OCCOCCOCCn4cc(CN(Cc5ccccc5)Cc5cn(CCOCCOCCOc6ccc(-c7cc(=O)c8cc(C)ccc8o7)cc6)nn5)nn4)cc3)cc(=O)c2c1. The lowest BCUT2D eigenvalue weighted by Gasteiger charge is -2.20. The van der Waals surface area contributed by atoms with Crippen LogP contribution in [-0.2, 0) is 51.7 Å². The van der Waals surface area contributed by atoms with Crippen molar-refractivity contribution in [3.8, 4) is 34.1 Å². The van der Waals surface area contributed by atoms with E-state index in [1.54, 1.807) is 9.36 Å². The summed E-state index contributed by atoms with van der Waals surface area (Å²) in [6, 6.07) is 39.4. The number of ether oxygens (including phenoxy) is 6. The highest BCUT2D eigenvalue weighted by Gasteiger charge is 2.15. The van der Waals surface area contributed by atoms with Crippen molar-refractivity contribution in [2.45, 2.75) is 46.6 Å². The fourth-order valence-electron chi connectivity index (χ4n) is 8.16. The molecule has 5 aromatic carbocycles. The van der Waals surface area contributed by atoms with Crippen molar-refractivity contribution in [3.05, 3.63) is 188 Å². The molecule has 0 radical (unpaired) electrons. The Morgan fingerprint density at radius 2 is 0.905 bits per heavy atom. The van der Waals surface area contributed by atoms with Gasteiger partial charge in [0.25, 0.3) is 0 Å². The summed E-state index contributed by atoms with van der Waals surface area (Å²) in [5.74, 6) is 2.41. The fourth-order valence-corrected chi connectivity index (χ4v) is 8.16. The largest absolute Gasteiger partial charge is 0.491 e. The molecule has 17 nitrogen and oxygen atoms in total. The number of hydrogen-bond donors (Lipinski definition) is 0. The molecule has 9 aromatic rings. The third kappa shape index (κ3) is 14.7. The molecule has 0 bridgehead atoms. The molecule has 17 heteroatoms. The van der Waals surface area contributed by atoms with Gasteiger partial charge in [-0.05, 0) is 92.2 Å². The summed E-state index contributed by atoms with van der Waals surface area (Å²) in [6.07, 6.45) is 3.89. The Morgan fingerprint density at radius 3 is 1.36 bits per heavy atom. The van der Waals surface area contributed by atoms with E-state index < -0.39 is 0 Å². The van der Waals surface area contributed by atoms with Crippen molar-refractivity contribution in [3.63, 3.8) is 0 Å². The Morgan fingerprint density at radius 1 is 0.473 bits per heavy atom. The van der Waals surface area contributed by atoms with Crippen molar-refractivity contribution < 1.29 is 37.3 Å². The maximum Gasteiger partial charge on any atom is 0.193 e. The number of hydrogen-bond acceptors (Lipinski definition) is 15. The molecule has 0 saturated carbocycles. The molecule has 74 heavy (non-hydrogen) atoms. The maximum atomic E-state index is 12.6. The van der Waals surface area contributed by atoms with Gasteiger partial charge < -0.3 is 37.3 Å². The average Bonchev–Trinajstić information content (AvgIpc) is 4.07. The first kappa shape index (κ1) is 51.1. The number of nitrogens with zero attached hydrogens (tertiary/aromatic N) is 7. The van der Waals surface area contributed by atoms with Gasteiger partial charge >= 0.3 is 0 Å². The number of benzene rings is 5. The van der Waals surface area contributed by atoms with Crippen LogP contribution in [0.15, 0.2) is 158 Å². The molecular weight excluding hydrogens is 943 g/mol. The zero-order valence-electron chi connectivity index (χ0n) is 41.6. The topological polar surface area (TPSA) is 180 Å². The summed E-state index contributed by atoms with van der Waals surface area (Å²) in [6.45, 7) is 11.1. The van der Waals surface area contributed by atoms with Gasteiger partial charge in [0.05, 0.1) is 88.1 Å². The summed E-state index contributed by atoms with van der Waals surface area (Å²) in [5.41, 5.74) is 7.45. The quantitative estimate of drug-likeness (QED) is 0.0426. The summed E-state index contributed by atoms with van der Waals surface area (Å²) in [5, 5.41) is 18.7. The second-order valence-corrected chi connectivity index (χ2v) is 17.7. The van der Waals surface area contributed by atoms with Gasteiger partial charge in [-0.3, -0.25) is 14.5 Å². The van der Waals surface area contributed by atoms with Gasteiger partial charge in [-0.15, -0.1) is 10.2 Å². The van der Waals surface area contributed by atoms with E-state index in [-0.39, 0.29) is 10.9 Å². The minimum Gasteiger partial charge on any atom is -0.491 e. The molecule has 0 amide bonds. The smallest absolute Gasteiger partial charge is 0.193 e. The van der Waals surface area contributed by atoms with E-state index in [0.29, 0.717) is 144 Å². The van der Waals surface area contributed by atoms with Crippen LogP contribution in [0.2, 0.25) is 0 Å². The summed E-state index contributed by atoms with van der Waals surface area (Å²) < 4.78 is 50.3. The summed E-state index contributed by atoms with van der Waals surface area (Å²) >= 11 is 0. The molecule has 0 atom stereocenters. The summed E-state index contributed by atoms with van der Waals surface area (Å²) in [4.78, 5) is 27.6. The first-order chi connectivity index (χ1) is 36.3. The molecule has 0 spiro atoms. The monoisotopic (exact) mass is 1000 g/mol. The Kier molecular flexibility index (Phi) is 17.8. The molecule has 0 saturated heterocycles. The van der Waals surface area contributed by atoms with Crippen molar-refractivity contribution in [2.75, 3.05) is 66.1 Å². The second kappa shape index (κ2) is 25.7. The molecule has 4 heterocycles. The van der Waals surface area contributed by atoms with E-state index in [1.807, 2.05) is 129 Å². The van der Waals surface area contributed by atoms with Gasteiger partial charge in [0.2, 0.25) is 0 Å². The minimum atomic E-state index is -0.0689. The lowest BCUT2D eigenvalue weighted by atomic mass is 10.1. The van der Waals surface area contributed by atoms with E-state index in [1.165, 1.54) is 17.7 Å². The van der Waals surface area contributed by atoms with E-state index in [2.05, 4.69) is 37.7 Å². The number of aromatic nitrogens is 6. The van der Waals surface area contributed by atoms with Gasteiger partial charge in [0, 0.05) is 55.3 Å². The number of rotatable bonds is 28. The first-order valence-electron chi connectivity index (χ1n) is 24.7. The number of fused-ring (bicyclic) bond motifs is 2. The zero-order valence-corrected chi connectivity index (χ0v) is 41.6. The van der Waals surface area contributed by atoms with Crippen LogP contribution in [0.4, 0.5) is 0 Å². The maximum absolute atomic E-state index is 12.6. The standard InChI is InChI=1S/C57H59N7O10/c1-41-8-18-54-50(32-41)52(65)34-56(73-54)44-10-14-48(15-11-44)71-30-28-69-26-24-67-22-20-63-39-46(58-60-63)37-62(36-43-6-4-3-5-7-43)38-47-40-64(61-59-47)21-23-68-25-27-70-29-31-72-49-16-12-45(13-17-49)57-35-53(66)51-33-42(2)9-19-55(51)74-57/h3-19,32-35,39-40H,20-31,36-38H2,1-2H3. The van der Waals surface area contributed by atoms with Crippen LogP contribution in [0.25, 0.3) is 44.6 Å². The van der Waals surface area contributed by atoms with E-state index >= 15 is 0 Å². The zero-order chi connectivity index (χ0) is 50.9. The van der Waals surface area contributed by atoms with Gasteiger partial charge in [-0.1, -0.05) is 64.0 Å². The molecule has 0 unspecified atom stereocenters. The van der Waals surface area contributed by atoms with Crippen LogP contribution in [-0.4, -0.2) is 101 Å². The van der Waals surface area contributed by atoms with E-state index in [9.17, 15) is 9.59 Å². The Labute approximate surface area is 427 Å². The second-order valence-electron chi connectivity index (χ2n) is 17.7. The third-order valence-electron chi connectivity index (χ3n) is 11.9. The highest BCUT2D eigenvalue weighted by atomic mass is 16.5. The van der Waals surface area contributed by atoms with E-state index in [4.69, 9.17) is 37.3 Å². The first-order valence-corrected chi connectivity index (χ1v) is 24.7. The van der Waals surface area contributed by atoms with Gasteiger partial charge in [-0.2, -0.15) is 0 Å². The van der Waals surface area contributed by atoms with Crippen LogP contribution in [0.5, 0.6) is 11.5 Å². The van der Waals surface area contributed by atoms with Crippen LogP contribution in [0.3, 0.4) is 0 Å². The van der Waals surface area contributed by atoms with Crippen LogP contribution in [0, 0.1) is 13.8 Å². The van der Waals surface area contributed by atoms with Crippen molar-refractivity contribution in [2.24, 2.45) is 0 Å². The van der Waals surface area contributed by atoms with E-state index in [0.717, 1.165) is 33.6 Å². The highest BCUT2D eigenvalue weighted by Crippen LogP contribution is 2.27. The normalized spacial score (nSPS) is 11.6. The predicted octanol–water partition coefficient (Wildman–Crippen LogP) is 8.46. The van der Waals surface area contributed by atoms with Crippen molar-refractivity contribution in [1.29, 1.82) is 0 Å². The fraction of sp³-hybridized carbons (Fsp3) is 0.298. The lowest BCUT2D eigenvalue weighted by molar-refractivity contribution is 0.0333. The van der Waals surface area contributed by atoms with Crippen LogP contribution in [0.1, 0.15) is 28.1 Å².